The Morgan fingerprint density at radius 3 is 3.14 bits per heavy atom. The van der Waals surface area contributed by atoms with E-state index in [0.29, 0.717) is 13.1 Å². The van der Waals surface area contributed by atoms with Gasteiger partial charge in [0.05, 0.1) is 29.6 Å². The highest BCUT2D eigenvalue weighted by Crippen LogP contribution is 2.30. The normalized spacial score (nSPS) is 11.1. The van der Waals surface area contributed by atoms with Crippen LogP contribution in [0.15, 0.2) is 34.9 Å². The first-order chi connectivity index (χ1) is 10.3. The third-order valence-electron chi connectivity index (χ3n) is 3.06. The van der Waals surface area contributed by atoms with Gasteiger partial charge in [-0.15, -0.1) is 11.3 Å². The Kier molecular flexibility index (Phi) is 4.42. The molecule has 3 aromatic rings. The average Bonchev–Trinajstić information content (AvgIpc) is 3.11. The monoisotopic (exact) mass is 320 g/mol. The molecule has 0 spiro atoms. The second kappa shape index (κ2) is 6.46. The molecule has 5 nitrogen and oxygen atoms in total. The summed E-state index contributed by atoms with van der Waals surface area (Å²) in [6, 6.07) is 6.22. The largest absolute Gasteiger partial charge is 0.394 e. The predicted molar refractivity (Wildman–Crippen MR) is 88.0 cm³/mol. The van der Waals surface area contributed by atoms with Crippen LogP contribution in [0.2, 0.25) is 0 Å². The molecule has 3 rings (SSSR count). The zero-order valence-electron chi connectivity index (χ0n) is 11.6. The number of benzene rings is 1. The van der Waals surface area contributed by atoms with Crippen LogP contribution >= 0.6 is 23.1 Å². The van der Waals surface area contributed by atoms with Crippen LogP contribution in [0.4, 0.5) is 5.69 Å². The maximum Gasteiger partial charge on any atom is 0.150 e. The third kappa shape index (κ3) is 3.37. The van der Waals surface area contributed by atoms with E-state index in [0.717, 1.165) is 21.1 Å². The minimum Gasteiger partial charge on any atom is -0.394 e. The maximum atomic E-state index is 8.88. The van der Waals surface area contributed by atoms with Crippen molar-refractivity contribution in [2.45, 2.75) is 17.4 Å². The lowest BCUT2D eigenvalue weighted by Crippen LogP contribution is -2.02. The number of aliphatic hydroxyl groups excluding tert-OH is 1. The van der Waals surface area contributed by atoms with Crippen LogP contribution in [0.1, 0.15) is 5.56 Å². The van der Waals surface area contributed by atoms with E-state index in [4.69, 9.17) is 5.11 Å². The Hall–Kier alpha value is -1.57. The van der Waals surface area contributed by atoms with Crippen molar-refractivity contribution in [2.75, 3.05) is 18.2 Å². The van der Waals surface area contributed by atoms with Gasteiger partial charge in [-0.2, -0.15) is 5.10 Å². The van der Waals surface area contributed by atoms with Crippen LogP contribution in [0, 0.1) is 0 Å². The average molecular weight is 320 g/mol. The van der Waals surface area contributed by atoms with E-state index in [2.05, 4.69) is 21.5 Å². The Bertz CT molecular complexity index is 737. The molecule has 0 saturated carbocycles. The van der Waals surface area contributed by atoms with Crippen molar-refractivity contribution in [1.82, 2.24) is 14.8 Å². The molecule has 0 fully saturated rings. The lowest BCUT2D eigenvalue weighted by Gasteiger charge is -2.04. The van der Waals surface area contributed by atoms with Gasteiger partial charge in [0.1, 0.15) is 0 Å². The zero-order valence-corrected chi connectivity index (χ0v) is 13.2. The van der Waals surface area contributed by atoms with Crippen molar-refractivity contribution in [2.24, 2.45) is 0 Å². The van der Waals surface area contributed by atoms with Crippen molar-refractivity contribution >= 4 is 39.0 Å². The lowest BCUT2D eigenvalue weighted by atomic mass is 10.3. The summed E-state index contributed by atoms with van der Waals surface area (Å²) in [5.41, 5.74) is 3.22. The number of nitrogens with zero attached hydrogens (tertiary/aromatic N) is 3. The van der Waals surface area contributed by atoms with E-state index in [9.17, 15) is 0 Å². The van der Waals surface area contributed by atoms with E-state index < -0.39 is 0 Å². The van der Waals surface area contributed by atoms with Crippen LogP contribution in [-0.2, 0) is 13.1 Å². The summed E-state index contributed by atoms with van der Waals surface area (Å²) in [6.07, 6.45) is 5.81. The summed E-state index contributed by atoms with van der Waals surface area (Å²) >= 11 is 3.38. The lowest BCUT2D eigenvalue weighted by molar-refractivity contribution is 0.269. The molecule has 2 N–H and O–H groups in total. The van der Waals surface area contributed by atoms with Gasteiger partial charge in [0.25, 0.3) is 0 Å². The molecule has 1 aromatic carbocycles. The first-order valence-electron chi connectivity index (χ1n) is 6.59. The minimum absolute atomic E-state index is 0.106. The van der Waals surface area contributed by atoms with E-state index in [1.54, 1.807) is 27.8 Å². The quantitative estimate of drug-likeness (QED) is 0.684. The number of hydrogen-bond donors (Lipinski definition) is 2. The Labute approximate surface area is 131 Å². The Morgan fingerprint density at radius 2 is 2.33 bits per heavy atom. The van der Waals surface area contributed by atoms with Gasteiger partial charge in [0.15, 0.2) is 4.34 Å². The van der Waals surface area contributed by atoms with Gasteiger partial charge in [-0.05, 0) is 24.5 Å². The van der Waals surface area contributed by atoms with Crippen molar-refractivity contribution in [3.63, 3.8) is 0 Å². The number of anilines is 1. The topological polar surface area (TPSA) is 63.0 Å². The first kappa shape index (κ1) is 14.4. The minimum atomic E-state index is 0.106. The molecule has 110 valence electrons. The molecule has 0 bridgehead atoms. The number of thiazole rings is 1. The molecule has 0 atom stereocenters. The number of thioether (sulfide) groups is 1. The molecule has 0 radical (unpaired) electrons. The van der Waals surface area contributed by atoms with Gasteiger partial charge < -0.3 is 10.4 Å². The van der Waals surface area contributed by atoms with E-state index in [-0.39, 0.29) is 6.61 Å². The zero-order chi connectivity index (χ0) is 14.7. The van der Waals surface area contributed by atoms with Gasteiger partial charge in [-0.1, -0.05) is 11.8 Å². The van der Waals surface area contributed by atoms with E-state index in [1.807, 2.05) is 30.8 Å². The molecule has 0 aliphatic heterocycles. The number of aliphatic hydroxyl groups is 1. The molecule has 0 unspecified atom stereocenters. The fraction of sp³-hybridized carbons (Fsp3) is 0.286. The Balaban J connectivity index is 1.69. The van der Waals surface area contributed by atoms with Crippen LogP contribution in [-0.4, -0.2) is 32.7 Å². The molecule has 2 heterocycles. The third-order valence-corrected chi connectivity index (χ3v) is 5.06. The van der Waals surface area contributed by atoms with E-state index in [1.165, 1.54) is 4.70 Å². The number of fused-ring (bicyclic) bond motifs is 1. The van der Waals surface area contributed by atoms with Crippen molar-refractivity contribution in [3.05, 3.63) is 36.2 Å². The molecule has 0 amide bonds. The summed E-state index contributed by atoms with van der Waals surface area (Å²) in [5.74, 6) is 0. The van der Waals surface area contributed by atoms with Crippen molar-refractivity contribution in [3.8, 4) is 0 Å². The van der Waals surface area contributed by atoms with Crippen LogP contribution in [0.5, 0.6) is 0 Å². The van der Waals surface area contributed by atoms with Crippen LogP contribution in [0.25, 0.3) is 10.2 Å². The van der Waals surface area contributed by atoms with Gasteiger partial charge in [-0.3, -0.25) is 4.68 Å². The molecule has 0 saturated heterocycles. The molecule has 7 heteroatoms. The smallest absolute Gasteiger partial charge is 0.150 e. The fourth-order valence-electron chi connectivity index (χ4n) is 2.03. The second-order valence-electron chi connectivity index (χ2n) is 4.56. The summed E-state index contributed by atoms with van der Waals surface area (Å²) in [6.45, 7) is 1.35. The van der Waals surface area contributed by atoms with E-state index >= 15 is 0 Å². The highest BCUT2D eigenvalue weighted by Gasteiger charge is 2.04. The van der Waals surface area contributed by atoms with Crippen molar-refractivity contribution < 1.29 is 5.11 Å². The molecular formula is C14H16N4OS2. The maximum absolute atomic E-state index is 8.88. The second-order valence-corrected chi connectivity index (χ2v) is 6.64. The Morgan fingerprint density at radius 1 is 1.43 bits per heavy atom. The van der Waals surface area contributed by atoms with Crippen molar-refractivity contribution in [1.29, 1.82) is 0 Å². The predicted octanol–water partition coefficient (Wildman–Crippen LogP) is 2.82. The molecule has 2 aromatic heterocycles. The standard InChI is InChI=1S/C14H16N4OS2/c1-20-14-17-12-3-2-11(6-13(12)21-14)15-7-10-8-16-18(9-10)4-5-19/h2-3,6,8-9,15,19H,4-5,7H2,1H3. The summed E-state index contributed by atoms with van der Waals surface area (Å²) in [4.78, 5) is 4.53. The highest BCUT2D eigenvalue weighted by molar-refractivity contribution is 8.00. The summed E-state index contributed by atoms with van der Waals surface area (Å²) in [5, 5.41) is 16.5. The molecule has 21 heavy (non-hydrogen) atoms. The van der Waals surface area contributed by atoms with Gasteiger partial charge in [0, 0.05) is 24.0 Å². The number of aromatic nitrogens is 3. The molecule has 0 aliphatic rings. The summed E-state index contributed by atoms with van der Waals surface area (Å²) in [7, 11) is 0. The van der Waals surface area contributed by atoms with Gasteiger partial charge in [-0.25, -0.2) is 4.98 Å². The number of hydrogen-bond acceptors (Lipinski definition) is 6. The van der Waals surface area contributed by atoms with Gasteiger partial charge >= 0.3 is 0 Å². The number of rotatable bonds is 6. The molecule has 0 aliphatic carbocycles. The first-order valence-corrected chi connectivity index (χ1v) is 8.63. The van der Waals surface area contributed by atoms with Gasteiger partial charge in [0.2, 0.25) is 0 Å². The number of nitrogens with one attached hydrogen (secondary N) is 1. The SMILES string of the molecule is CSc1nc2ccc(NCc3cnn(CCO)c3)cc2s1. The highest BCUT2D eigenvalue weighted by atomic mass is 32.2. The van der Waals surface area contributed by atoms with Crippen LogP contribution < -0.4 is 5.32 Å². The molecular weight excluding hydrogens is 304 g/mol. The summed E-state index contributed by atoms with van der Waals surface area (Å²) < 4.78 is 4.03. The van der Waals surface area contributed by atoms with Crippen LogP contribution in [0.3, 0.4) is 0 Å². The fourth-order valence-corrected chi connectivity index (χ4v) is 3.56.